The first kappa shape index (κ1) is 14.8. The minimum Gasteiger partial charge on any atom is -0.387 e. The van der Waals surface area contributed by atoms with E-state index in [1.165, 1.54) is 11.1 Å². The minimum atomic E-state index is -0.452. The highest BCUT2D eigenvalue weighted by molar-refractivity contribution is 5.23. The highest BCUT2D eigenvalue weighted by Crippen LogP contribution is 2.16. The summed E-state index contributed by atoms with van der Waals surface area (Å²) in [5, 5.41) is 14.5. The Hall–Kier alpha value is -1.65. The Kier molecular flexibility index (Phi) is 4.93. The Morgan fingerprint density at radius 2 is 2.00 bits per heavy atom. The van der Waals surface area contributed by atoms with E-state index in [0.717, 1.165) is 18.7 Å². The summed E-state index contributed by atoms with van der Waals surface area (Å²) in [4.78, 5) is 2.22. The number of benzene rings is 1. The van der Waals surface area contributed by atoms with E-state index >= 15 is 0 Å². The zero-order valence-electron chi connectivity index (χ0n) is 12.5. The zero-order chi connectivity index (χ0) is 14.5. The lowest BCUT2D eigenvalue weighted by Crippen LogP contribution is -2.28. The van der Waals surface area contributed by atoms with Crippen LogP contribution in [0, 0.1) is 6.92 Å². The van der Waals surface area contributed by atoms with Crippen molar-refractivity contribution in [2.45, 2.75) is 26.5 Å². The molecule has 1 heterocycles. The van der Waals surface area contributed by atoms with Crippen molar-refractivity contribution in [3.8, 4) is 0 Å². The van der Waals surface area contributed by atoms with Gasteiger partial charge in [0.05, 0.1) is 12.3 Å². The van der Waals surface area contributed by atoms with Crippen LogP contribution in [0.2, 0.25) is 0 Å². The average molecular weight is 273 g/mol. The summed E-state index contributed by atoms with van der Waals surface area (Å²) in [5.41, 5.74) is 3.36. The van der Waals surface area contributed by atoms with Crippen LogP contribution in [0.15, 0.2) is 36.7 Å². The zero-order valence-corrected chi connectivity index (χ0v) is 12.5. The first-order valence-corrected chi connectivity index (χ1v) is 7.03. The maximum atomic E-state index is 10.3. The number of aliphatic hydroxyl groups excluding tert-OH is 1. The Morgan fingerprint density at radius 3 is 2.55 bits per heavy atom. The molecule has 1 atom stereocenters. The van der Waals surface area contributed by atoms with E-state index in [9.17, 15) is 5.11 Å². The quantitative estimate of drug-likeness (QED) is 0.878. The number of nitrogens with zero attached hydrogens (tertiary/aromatic N) is 3. The summed E-state index contributed by atoms with van der Waals surface area (Å²) in [5.74, 6) is 0. The third kappa shape index (κ3) is 3.92. The van der Waals surface area contributed by atoms with E-state index in [4.69, 9.17) is 0 Å². The number of aliphatic hydroxyl groups is 1. The van der Waals surface area contributed by atoms with Gasteiger partial charge in [0, 0.05) is 31.9 Å². The highest BCUT2D eigenvalue weighted by atomic mass is 16.3. The Bertz CT molecular complexity index is 533. The third-order valence-corrected chi connectivity index (χ3v) is 3.51. The first-order valence-electron chi connectivity index (χ1n) is 7.03. The van der Waals surface area contributed by atoms with Crippen LogP contribution in [0.1, 0.15) is 29.7 Å². The molecule has 0 amide bonds. The van der Waals surface area contributed by atoms with E-state index < -0.39 is 6.10 Å². The Morgan fingerprint density at radius 1 is 1.30 bits per heavy atom. The monoisotopic (exact) mass is 273 g/mol. The van der Waals surface area contributed by atoms with Gasteiger partial charge < -0.3 is 5.11 Å². The van der Waals surface area contributed by atoms with Crippen molar-refractivity contribution in [3.63, 3.8) is 0 Å². The van der Waals surface area contributed by atoms with E-state index in [-0.39, 0.29) is 0 Å². The van der Waals surface area contributed by atoms with Gasteiger partial charge in [0.25, 0.3) is 0 Å². The van der Waals surface area contributed by atoms with Gasteiger partial charge in [-0.3, -0.25) is 9.58 Å². The standard InChI is InChI=1S/C16H23N3O/c1-4-19(11-14-9-17-18(3)10-14)12-16(20)15-7-5-13(2)6-8-15/h5-10,16,20H,4,11-12H2,1-3H3. The molecule has 0 saturated heterocycles. The van der Waals surface area contributed by atoms with Gasteiger partial charge in [0.2, 0.25) is 0 Å². The Balaban J connectivity index is 1.96. The molecule has 2 aromatic rings. The van der Waals surface area contributed by atoms with Crippen LogP contribution in [-0.2, 0) is 13.6 Å². The van der Waals surface area contributed by atoms with Crippen LogP contribution in [-0.4, -0.2) is 32.9 Å². The maximum Gasteiger partial charge on any atom is 0.0917 e. The molecule has 1 unspecified atom stereocenters. The van der Waals surface area contributed by atoms with E-state index in [2.05, 4.69) is 23.8 Å². The number of hydrogen-bond acceptors (Lipinski definition) is 3. The fraction of sp³-hybridized carbons (Fsp3) is 0.438. The van der Waals surface area contributed by atoms with E-state index in [0.29, 0.717) is 6.54 Å². The van der Waals surface area contributed by atoms with Crippen LogP contribution in [0.5, 0.6) is 0 Å². The van der Waals surface area contributed by atoms with E-state index in [1.54, 1.807) is 4.68 Å². The van der Waals surface area contributed by atoms with Gasteiger partial charge in [-0.2, -0.15) is 5.10 Å². The molecule has 2 rings (SSSR count). The molecule has 0 aliphatic rings. The predicted molar refractivity (Wildman–Crippen MR) is 80.3 cm³/mol. The van der Waals surface area contributed by atoms with Crippen molar-refractivity contribution in [1.29, 1.82) is 0 Å². The van der Waals surface area contributed by atoms with Gasteiger partial charge in [-0.05, 0) is 19.0 Å². The number of aromatic nitrogens is 2. The van der Waals surface area contributed by atoms with Crippen LogP contribution in [0.4, 0.5) is 0 Å². The number of aryl methyl sites for hydroxylation is 2. The molecular formula is C16H23N3O. The lowest BCUT2D eigenvalue weighted by molar-refractivity contribution is 0.112. The molecule has 1 aromatic carbocycles. The largest absolute Gasteiger partial charge is 0.387 e. The summed E-state index contributed by atoms with van der Waals surface area (Å²) >= 11 is 0. The molecule has 0 aliphatic heterocycles. The van der Waals surface area contributed by atoms with Crippen LogP contribution in [0.3, 0.4) is 0 Å². The van der Waals surface area contributed by atoms with Crippen molar-refractivity contribution in [1.82, 2.24) is 14.7 Å². The molecule has 108 valence electrons. The Labute approximate surface area is 120 Å². The highest BCUT2D eigenvalue weighted by Gasteiger charge is 2.13. The summed E-state index contributed by atoms with van der Waals surface area (Å²) < 4.78 is 1.81. The molecule has 20 heavy (non-hydrogen) atoms. The summed E-state index contributed by atoms with van der Waals surface area (Å²) in [6.07, 6.45) is 3.44. The SMILES string of the molecule is CCN(Cc1cnn(C)c1)CC(O)c1ccc(C)cc1. The molecule has 4 nitrogen and oxygen atoms in total. The topological polar surface area (TPSA) is 41.3 Å². The van der Waals surface area contributed by atoms with Crippen LogP contribution < -0.4 is 0 Å². The molecule has 0 spiro atoms. The molecule has 1 aromatic heterocycles. The fourth-order valence-corrected chi connectivity index (χ4v) is 2.26. The number of hydrogen-bond donors (Lipinski definition) is 1. The van der Waals surface area contributed by atoms with Crippen LogP contribution >= 0.6 is 0 Å². The van der Waals surface area contributed by atoms with Crippen molar-refractivity contribution < 1.29 is 5.11 Å². The fourth-order valence-electron chi connectivity index (χ4n) is 2.26. The van der Waals surface area contributed by atoms with Crippen molar-refractivity contribution in [2.24, 2.45) is 7.05 Å². The molecule has 1 N–H and O–H groups in total. The average Bonchev–Trinajstić information content (AvgIpc) is 2.84. The van der Waals surface area contributed by atoms with Crippen molar-refractivity contribution >= 4 is 0 Å². The van der Waals surface area contributed by atoms with Crippen molar-refractivity contribution in [2.75, 3.05) is 13.1 Å². The normalized spacial score (nSPS) is 12.8. The molecule has 0 bridgehead atoms. The predicted octanol–water partition coefficient (Wildman–Crippen LogP) is 2.28. The second-order valence-electron chi connectivity index (χ2n) is 5.28. The van der Waals surface area contributed by atoms with Crippen LogP contribution in [0.25, 0.3) is 0 Å². The summed E-state index contributed by atoms with van der Waals surface area (Å²) in [7, 11) is 1.92. The van der Waals surface area contributed by atoms with Gasteiger partial charge in [-0.25, -0.2) is 0 Å². The third-order valence-electron chi connectivity index (χ3n) is 3.51. The lowest BCUT2D eigenvalue weighted by Gasteiger charge is -2.23. The van der Waals surface area contributed by atoms with Gasteiger partial charge >= 0.3 is 0 Å². The number of rotatable bonds is 6. The maximum absolute atomic E-state index is 10.3. The second kappa shape index (κ2) is 6.68. The first-order chi connectivity index (χ1) is 9.58. The molecule has 0 aliphatic carbocycles. The minimum absolute atomic E-state index is 0.452. The number of likely N-dealkylation sites (N-methyl/N-ethyl adjacent to an activating group) is 1. The molecular weight excluding hydrogens is 250 g/mol. The second-order valence-corrected chi connectivity index (χ2v) is 5.28. The molecule has 0 fully saturated rings. The van der Waals surface area contributed by atoms with E-state index in [1.807, 2.05) is 43.7 Å². The lowest BCUT2D eigenvalue weighted by atomic mass is 10.1. The molecule has 4 heteroatoms. The summed E-state index contributed by atoms with van der Waals surface area (Å²) in [6.45, 7) is 6.51. The molecule has 0 radical (unpaired) electrons. The van der Waals surface area contributed by atoms with Gasteiger partial charge in [0.1, 0.15) is 0 Å². The smallest absolute Gasteiger partial charge is 0.0917 e. The van der Waals surface area contributed by atoms with Crippen molar-refractivity contribution in [3.05, 3.63) is 53.3 Å². The summed E-state index contributed by atoms with van der Waals surface area (Å²) in [6, 6.07) is 8.07. The van der Waals surface area contributed by atoms with Gasteiger partial charge in [-0.1, -0.05) is 36.8 Å². The van der Waals surface area contributed by atoms with Gasteiger partial charge in [-0.15, -0.1) is 0 Å². The van der Waals surface area contributed by atoms with Gasteiger partial charge in [0.15, 0.2) is 0 Å². The molecule has 0 saturated carbocycles.